The van der Waals surface area contributed by atoms with E-state index in [0.717, 1.165) is 11.1 Å². The summed E-state index contributed by atoms with van der Waals surface area (Å²) >= 11 is 23.0. The number of anilines is 1. The Labute approximate surface area is 211 Å². The van der Waals surface area contributed by atoms with Gasteiger partial charge in [-0.3, -0.25) is 14.4 Å². The lowest BCUT2D eigenvalue weighted by Gasteiger charge is -2.26. The van der Waals surface area contributed by atoms with Gasteiger partial charge in [-0.25, -0.2) is 4.90 Å². The number of nitrogens with zero attached hydrogens (tertiary/aromatic N) is 1. The van der Waals surface area contributed by atoms with Crippen molar-refractivity contribution in [2.75, 3.05) is 26.2 Å². The van der Waals surface area contributed by atoms with Crippen molar-refractivity contribution in [2.45, 2.75) is 23.5 Å². The molecule has 0 spiro atoms. The third kappa shape index (κ3) is 5.49. The molecule has 0 saturated heterocycles. The summed E-state index contributed by atoms with van der Waals surface area (Å²) in [6, 6.07) is 6.17. The van der Waals surface area contributed by atoms with E-state index in [1.165, 1.54) is 26.4 Å². The van der Waals surface area contributed by atoms with Gasteiger partial charge in [-0.2, -0.15) is 0 Å². The lowest BCUT2D eigenvalue weighted by atomic mass is 9.97. The van der Waals surface area contributed by atoms with Crippen molar-refractivity contribution in [1.82, 2.24) is 0 Å². The van der Waals surface area contributed by atoms with Crippen LogP contribution in [0.2, 0.25) is 0 Å². The Morgan fingerprint density at radius 3 is 1.67 bits per heavy atom. The van der Waals surface area contributed by atoms with Gasteiger partial charge in [0.1, 0.15) is 17.2 Å². The van der Waals surface area contributed by atoms with Crippen LogP contribution in [0.15, 0.2) is 24.3 Å². The summed E-state index contributed by atoms with van der Waals surface area (Å²) in [5.74, 6) is -1.99. The molecule has 0 aliphatic heterocycles. The molecular weight excluding hydrogens is 516 g/mol. The highest BCUT2D eigenvalue weighted by molar-refractivity contribution is 6.59. The monoisotopic (exact) mass is 535 g/mol. The minimum absolute atomic E-state index is 0.0233. The third-order valence-corrected chi connectivity index (χ3v) is 5.47. The van der Waals surface area contributed by atoms with E-state index in [1.807, 2.05) is 0 Å². The molecule has 0 radical (unpaired) electrons. The Kier molecular flexibility index (Phi) is 9.26. The van der Waals surface area contributed by atoms with Gasteiger partial charge in [0.15, 0.2) is 21.2 Å². The summed E-state index contributed by atoms with van der Waals surface area (Å²) in [5.41, 5.74) is 1.67. The normalized spacial score (nSPS) is 10.9. The Bertz CT molecular complexity index is 1040. The number of hydrogen-bond acceptors (Lipinski definition) is 6. The zero-order valence-electron chi connectivity index (χ0n) is 18.4. The number of ether oxygens (including phenoxy) is 3. The number of halogens is 4. The second-order valence-corrected chi connectivity index (χ2v) is 8.98. The zero-order valence-corrected chi connectivity index (χ0v) is 21.4. The zero-order chi connectivity index (χ0) is 25.0. The van der Waals surface area contributed by atoms with Crippen LogP contribution < -0.4 is 19.1 Å². The number of hydrogen-bond donors (Lipinski definition) is 0. The molecular formula is C22H21Cl4NO6. The quantitative estimate of drug-likeness (QED) is 0.347. The molecule has 0 bridgehead atoms. The number of imide groups is 1. The van der Waals surface area contributed by atoms with E-state index in [9.17, 15) is 14.4 Å². The highest BCUT2D eigenvalue weighted by Gasteiger charge is 2.37. The molecule has 2 aromatic rings. The highest BCUT2D eigenvalue weighted by atomic mass is 35.5. The molecule has 0 aliphatic carbocycles. The minimum Gasteiger partial charge on any atom is -0.496 e. The van der Waals surface area contributed by atoms with Crippen molar-refractivity contribution in [3.63, 3.8) is 0 Å². The summed E-state index contributed by atoms with van der Waals surface area (Å²) in [6.45, 7) is 3.61. The molecule has 0 fully saturated rings. The number of ketones is 1. The SMILES string of the molecule is COc1ccc(C(=O)c2cc(C)c(OC)c(C)c2)c(OC)c1N(C(=O)C(Cl)Cl)C(=O)C(Cl)Cl. The predicted molar refractivity (Wildman–Crippen MR) is 129 cm³/mol. The molecule has 2 amide bonds. The first-order valence-electron chi connectivity index (χ1n) is 9.39. The molecule has 2 rings (SSSR count). The Morgan fingerprint density at radius 1 is 0.788 bits per heavy atom. The minimum atomic E-state index is -1.64. The van der Waals surface area contributed by atoms with Gasteiger partial charge in [-0.05, 0) is 49.2 Å². The summed E-state index contributed by atoms with van der Waals surface area (Å²) in [5, 5.41) is 0. The van der Waals surface area contributed by atoms with Gasteiger partial charge < -0.3 is 14.2 Å². The number of carbonyl (C=O) groups is 3. The van der Waals surface area contributed by atoms with Crippen LogP contribution in [-0.4, -0.2) is 48.6 Å². The Hall–Kier alpha value is -2.19. The van der Waals surface area contributed by atoms with Crippen LogP contribution >= 0.6 is 46.4 Å². The number of alkyl halides is 4. The summed E-state index contributed by atoms with van der Waals surface area (Å²) < 4.78 is 16.1. The van der Waals surface area contributed by atoms with E-state index in [0.29, 0.717) is 16.2 Å². The molecule has 0 aromatic heterocycles. The lowest BCUT2D eigenvalue weighted by molar-refractivity contribution is -0.124. The second-order valence-electron chi connectivity index (χ2n) is 6.78. The van der Waals surface area contributed by atoms with Crippen molar-refractivity contribution in [3.8, 4) is 17.2 Å². The van der Waals surface area contributed by atoms with Crippen molar-refractivity contribution in [2.24, 2.45) is 0 Å². The van der Waals surface area contributed by atoms with Gasteiger partial charge in [0, 0.05) is 5.56 Å². The van der Waals surface area contributed by atoms with Gasteiger partial charge in [0.05, 0.1) is 26.9 Å². The van der Waals surface area contributed by atoms with Crippen molar-refractivity contribution >= 4 is 69.7 Å². The average molecular weight is 537 g/mol. The number of methoxy groups -OCH3 is 3. The predicted octanol–water partition coefficient (Wildman–Crippen LogP) is 5.03. The van der Waals surface area contributed by atoms with E-state index in [-0.39, 0.29) is 22.7 Å². The van der Waals surface area contributed by atoms with E-state index >= 15 is 0 Å². The van der Waals surface area contributed by atoms with Crippen LogP contribution in [0.3, 0.4) is 0 Å². The molecule has 0 saturated carbocycles. The van der Waals surface area contributed by atoms with Gasteiger partial charge in [-0.15, -0.1) is 0 Å². The molecule has 0 heterocycles. The highest BCUT2D eigenvalue weighted by Crippen LogP contribution is 2.43. The van der Waals surface area contributed by atoms with Crippen molar-refractivity contribution in [1.29, 1.82) is 0 Å². The first-order valence-corrected chi connectivity index (χ1v) is 11.1. The number of amides is 2. The molecule has 2 aromatic carbocycles. The third-order valence-electron chi connectivity index (χ3n) is 4.73. The largest absolute Gasteiger partial charge is 0.496 e. The van der Waals surface area contributed by atoms with Crippen LogP contribution in [0.1, 0.15) is 27.0 Å². The van der Waals surface area contributed by atoms with Gasteiger partial charge in [-0.1, -0.05) is 46.4 Å². The number of rotatable bonds is 8. The first-order chi connectivity index (χ1) is 15.5. The molecule has 0 aliphatic rings. The summed E-state index contributed by atoms with van der Waals surface area (Å²) in [6.07, 6.45) is 0. The molecule has 0 unspecified atom stereocenters. The number of benzene rings is 2. The van der Waals surface area contributed by atoms with Crippen molar-refractivity contribution in [3.05, 3.63) is 46.5 Å². The number of aryl methyl sites for hydroxylation is 2. The maximum absolute atomic E-state index is 13.5. The van der Waals surface area contributed by atoms with Crippen molar-refractivity contribution < 1.29 is 28.6 Å². The smallest absolute Gasteiger partial charge is 0.267 e. The fraction of sp³-hybridized carbons (Fsp3) is 0.318. The first kappa shape index (κ1) is 27.1. The van der Waals surface area contributed by atoms with Gasteiger partial charge in [0.25, 0.3) is 11.8 Å². The standard InChI is InChI=1S/C22H21Cl4NO6/c1-10-8-12(9-11(2)17(10)32-4)16(28)13-6-7-14(31-3)15(18(13)33-5)27(21(29)19(23)24)22(30)20(25)26/h6-9,19-20H,1-5H3. The molecule has 11 heteroatoms. The Balaban J connectivity index is 2.81. The van der Waals surface area contributed by atoms with E-state index < -0.39 is 27.3 Å². The average Bonchev–Trinajstić information content (AvgIpc) is 2.77. The molecule has 178 valence electrons. The maximum Gasteiger partial charge on any atom is 0.267 e. The summed E-state index contributed by atoms with van der Waals surface area (Å²) in [7, 11) is 4.12. The van der Waals surface area contributed by atoms with Crippen LogP contribution in [0.5, 0.6) is 17.2 Å². The topological polar surface area (TPSA) is 82.1 Å². The molecule has 33 heavy (non-hydrogen) atoms. The fourth-order valence-electron chi connectivity index (χ4n) is 3.40. The molecule has 0 atom stereocenters. The van der Waals surface area contributed by atoms with Crippen LogP contribution in [-0.2, 0) is 9.59 Å². The Morgan fingerprint density at radius 2 is 1.27 bits per heavy atom. The van der Waals surface area contributed by atoms with Crippen LogP contribution in [0.4, 0.5) is 5.69 Å². The second kappa shape index (κ2) is 11.3. The van der Waals surface area contributed by atoms with Crippen LogP contribution in [0, 0.1) is 13.8 Å². The summed E-state index contributed by atoms with van der Waals surface area (Å²) in [4.78, 5) is 36.2. The van der Waals surface area contributed by atoms with Gasteiger partial charge in [0.2, 0.25) is 0 Å². The molecule has 0 N–H and O–H groups in total. The van der Waals surface area contributed by atoms with E-state index in [2.05, 4.69) is 0 Å². The van der Waals surface area contributed by atoms with Crippen LogP contribution in [0.25, 0.3) is 0 Å². The maximum atomic E-state index is 13.5. The molecule has 7 nitrogen and oxygen atoms in total. The fourth-order valence-corrected chi connectivity index (χ4v) is 3.79. The van der Waals surface area contributed by atoms with Gasteiger partial charge >= 0.3 is 0 Å². The van der Waals surface area contributed by atoms with E-state index in [1.54, 1.807) is 33.1 Å². The lowest BCUT2D eigenvalue weighted by Crippen LogP contribution is -2.43. The van der Waals surface area contributed by atoms with E-state index in [4.69, 9.17) is 60.6 Å². The number of carbonyl (C=O) groups excluding carboxylic acids is 3.